The van der Waals surface area contributed by atoms with E-state index < -0.39 is 10.0 Å². The van der Waals surface area contributed by atoms with Crippen LogP contribution in [0.1, 0.15) is 16.7 Å². The van der Waals surface area contributed by atoms with E-state index in [0.29, 0.717) is 26.2 Å². The fourth-order valence-corrected chi connectivity index (χ4v) is 4.58. The maximum Gasteiger partial charge on any atom is 0.238 e. The Bertz CT molecular complexity index is 959. The van der Waals surface area contributed by atoms with Crippen LogP contribution in [0.15, 0.2) is 53.9 Å². The molecule has 1 amide bonds. The Morgan fingerprint density at radius 1 is 1.00 bits per heavy atom. The fourth-order valence-electron chi connectivity index (χ4n) is 3.41. The van der Waals surface area contributed by atoms with E-state index in [9.17, 15) is 13.2 Å². The van der Waals surface area contributed by atoms with Gasteiger partial charge in [0.2, 0.25) is 15.9 Å². The Morgan fingerprint density at radius 3 is 2.24 bits per heavy atom. The van der Waals surface area contributed by atoms with Gasteiger partial charge in [0.1, 0.15) is 0 Å². The number of hydrogen-bond donors (Lipinski definition) is 1. The summed E-state index contributed by atoms with van der Waals surface area (Å²) in [5.74, 6) is -0.0877. The molecule has 7 heteroatoms. The summed E-state index contributed by atoms with van der Waals surface area (Å²) in [5, 5.41) is 4.18. The number of aryl methyl sites for hydroxylation is 2. The standard InChI is InChI=1S/C22H27N3O3S/c1-18-14-19(2)16-21(15-18)23-22(26)17-24-9-11-25(12-10-24)29(27,28)13-8-20-6-4-3-5-7-20/h3-8,13-16H,9-12,17H2,1-2H3,(H,23,26)/b13-8+. The smallest absolute Gasteiger partial charge is 0.238 e. The molecule has 2 aromatic carbocycles. The van der Waals surface area contributed by atoms with Gasteiger partial charge in [-0.15, -0.1) is 0 Å². The second kappa shape index (κ2) is 9.35. The van der Waals surface area contributed by atoms with Gasteiger partial charge in [0.05, 0.1) is 6.54 Å². The van der Waals surface area contributed by atoms with E-state index in [2.05, 4.69) is 11.4 Å². The van der Waals surface area contributed by atoms with Crippen LogP contribution in [0.5, 0.6) is 0 Å². The minimum Gasteiger partial charge on any atom is -0.325 e. The van der Waals surface area contributed by atoms with E-state index in [0.717, 1.165) is 22.4 Å². The van der Waals surface area contributed by atoms with E-state index in [1.54, 1.807) is 6.08 Å². The van der Waals surface area contributed by atoms with Crippen molar-refractivity contribution in [1.29, 1.82) is 0 Å². The van der Waals surface area contributed by atoms with Gasteiger partial charge in [0.25, 0.3) is 0 Å². The third-order valence-electron chi connectivity index (χ3n) is 4.80. The molecule has 1 aliphatic rings. The first-order valence-electron chi connectivity index (χ1n) is 9.66. The Morgan fingerprint density at radius 2 is 1.62 bits per heavy atom. The molecule has 0 unspecified atom stereocenters. The fraction of sp³-hybridized carbons (Fsp3) is 0.318. The van der Waals surface area contributed by atoms with Gasteiger partial charge in [-0.1, -0.05) is 36.4 Å². The van der Waals surface area contributed by atoms with Crippen molar-refractivity contribution in [2.45, 2.75) is 13.8 Å². The molecule has 2 aromatic rings. The van der Waals surface area contributed by atoms with Gasteiger partial charge < -0.3 is 5.32 Å². The molecule has 0 radical (unpaired) electrons. The van der Waals surface area contributed by atoms with Crippen molar-refractivity contribution in [3.8, 4) is 0 Å². The molecule has 29 heavy (non-hydrogen) atoms. The highest BCUT2D eigenvalue weighted by Gasteiger charge is 2.25. The normalized spacial score (nSPS) is 16.2. The summed E-state index contributed by atoms with van der Waals surface area (Å²) in [5.41, 5.74) is 3.84. The molecular weight excluding hydrogens is 386 g/mol. The zero-order valence-corrected chi connectivity index (χ0v) is 17.7. The number of amides is 1. The highest BCUT2D eigenvalue weighted by atomic mass is 32.2. The van der Waals surface area contributed by atoms with E-state index >= 15 is 0 Å². The average molecular weight is 414 g/mol. The Kier molecular flexibility index (Phi) is 6.84. The molecule has 154 valence electrons. The minimum atomic E-state index is -3.47. The van der Waals surface area contributed by atoms with Gasteiger partial charge >= 0.3 is 0 Å². The van der Waals surface area contributed by atoms with Crippen LogP contribution in [-0.4, -0.2) is 56.3 Å². The van der Waals surface area contributed by atoms with Crippen LogP contribution in [0, 0.1) is 13.8 Å². The lowest BCUT2D eigenvalue weighted by atomic mass is 10.1. The average Bonchev–Trinajstić information content (AvgIpc) is 2.67. The molecule has 3 rings (SSSR count). The number of anilines is 1. The molecule has 1 fully saturated rings. The second-order valence-corrected chi connectivity index (χ2v) is 9.18. The van der Waals surface area contributed by atoms with Crippen molar-refractivity contribution in [1.82, 2.24) is 9.21 Å². The van der Waals surface area contributed by atoms with E-state index in [1.807, 2.05) is 61.2 Å². The molecule has 0 bridgehead atoms. The molecular formula is C22H27N3O3S. The van der Waals surface area contributed by atoms with Crippen LogP contribution in [0.3, 0.4) is 0 Å². The summed E-state index contributed by atoms with van der Waals surface area (Å²) >= 11 is 0. The molecule has 6 nitrogen and oxygen atoms in total. The SMILES string of the molecule is Cc1cc(C)cc(NC(=O)CN2CCN(S(=O)(=O)/C=C/c3ccccc3)CC2)c1. The topological polar surface area (TPSA) is 69.7 Å². The van der Waals surface area contributed by atoms with Crippen LogP contribution in [0.4, 0.5) is 5.69 Å². The molecule has 1 aliphatic heterocycles. The van der Waals surface area contributed by atoms with E-state index in [4.69, 9.17) is 0 Å². The van der Waals surface area contributed by atoms with Gasteiger partial charge in [-0.05, 0) is 48.7 Å². The Labute approximate surface area is 172 Å². The first kappa shape index (κ1) is 21.2. The number of carbonyl (C=O) groups excluding carboxylic acids is 1. The highest BCUT2D eigenvalue weighted by Crippen LogP contribution is 2.15. The predicted octanol–water partition coefficient (Wildman–Crippen LogP) is 2.86. The third-order valence-corrected chi connectivity index (χ3v) is 6.36. The maximum absolute atomic E-state index is 12.5. The number of sulfonamides is 1. The van der Waals surface area contributed by atoms with Crippen molar-refractivity contribution in [3.63, 3.8) is 0 Å². The number of nitrogens with one attached hydrogen (secondary N) is 1. The summed E-state index contributed by atoms with van der Waals surface area (Å²) in [6, 6.07) is 15.3. The largest absolute Gasteiger partial charge is 0.325 e. The second-order valence-electron chi connectivity index (χ2n) is 7.36. The van der Waals surface area contributed by atoms with Gasteiger partial charge in [0, 0.05) is 37.3 Å². The monoisotopic (exact) mass is 413 g/mol. The third kappa shape index (κ3) is 6.25. The Balaban J connectivity index is 1.50. The zero-order chi connectivity index (χ0) is 20.9. The van der Waals surface area contributed by atoms with Crippen LogP contribution < -0.4 is 5.32 Å². The van der Waals surface area contributed by atoms with Crippen molar-refractivity contribution in [3.05, 3.63) is 70.6 Å². The first-order valence-corrected chi connectivity index (χ1v) is 11.2. The number of nitrogens with zero attached hydrogens (tertiary/aromatic N) is 2. The molecule has 1 heterocycles. The zero-order valence-electron chi connectivity index (χ0n) is 16.8. The van der Waals surface area contributed by atoms with E-state index in [1.165, 1.54) is 9.71 Å². The van der Waals surface area contributed by atoms with E-state index in [-0.39, 0.29) is 12.5 Å². The van der Waals surface area contributed by atoms with Crippen LogP contribution >= 0.6 is 0 Å². The van der Waals surface area contributed by atoms with Crippen molar-refractivity contribution < 1.29 is 13.2 Å². The number of rotatable bonds is 6. The number of carbonyl (C=O) groups is 1. The summed E-state index contributed by atoms with van der Waals surface area (Å²) in [6.07, 6.45) is 1.61. The lowest BCUT2D eigenvalue weighted by molar-refractivity contribution is -0.117. The highest BCUT2D eigenvalue weighted by molar-refractivity contribution is 7.92. The van der Waals surface area contributed by atoms with Crippen molar-refractivity contribution >= 4 is 27.7 Å². The number of hydrogen-bond acceptors (Lipinski definition) is 4. The molecule has 1 N–H and O–H groups in total. The first-order chi connectivity index (χ1) is 13.8. The minimum absolute atomic E-state index is 0.0877. The molecule has 0 spiro atoms. The number of benzene rings is 2. The molecule has 0 saturated carbocycles. The lowest BCUT2D eigenvalue weighted by Gasteiger charge is -2.32. The van der Waals surface area contributed by atoms with Crippen molar-refractivity contribution in [2.75, 3.05) is 38.0 Å². The van der Waals surface area contributed by atoms with Crippen LogP contribution in [0.25, 0.3) is 6.08 Å². The summed E-state index contributed by atoms with van der Waals surface area (Å²) in [6.45, 7) is 6.04. The van der Waals surface area contributed by atoms with Crippen molar-refractivity contribution in [2.24, 2.45) is 0 Å². The van der Waals surface area contributed by atoms with Gasteiger partial charge in [-0.3, -0.25) is 9.69 Å². The molecule has 0 aliphatic carbocycles. The number of piperazine rings is 1. The summed E-state index contributed by atoms with van der Waals surface area (Å²) < 4.78 is 26.5. The van der Waals surface area contributed by atoms with Crippen LogP contribution in [0.2, 0.25) is 0 Å². The molecule has 0 aromatic heterocycles. The predicted molar refractivity (Wildman–Crippen MR) is 117 cm³/mol. The maximum atomic E-state index is 12.5. The van der Waals surface area contributed by atoms with Gasteiger partial charge in [0.15, 0.2) is 0 Å². The summed E-state index contributed by atoms with van der Waals surface area (Å²) in [7, 11) is -3.47. The Hall–Kier alpha value is -2.48. The molecule has 0 atom stereocenters. The quantitative estimate of drug-likeness (QED) is 0.791. The van der Waals surface area contributed by atoms with Gasteiger partial charge in [-0.25, -0.2) is 8.42 Å². The van der Waals surface area contributed by atoms with Gasteiger partial charge in [-0.2, -0.15) is 4.31 Å². The van der Waals surface area contributed by atoms with Crippen LogP contribution in [-0.2, 0) is 14.8 Å². The summed E-state index contributed by atoms with van der Waals surface area (Å²) in [4.78, 5) is 14.3. The molecule has 1 saturated heterocycles. The lowest BCUT2D eigenvalue weighted by Crippen LogP contribution is -2.49.